The van der Waals surface area contributed by atoms with Crippen LogP contribution in [0.5, 0.6) is 0 Å². The zero-order chi connectivity index (χ0) is 13.1. The van der Waals surface area contributed by atoms with E-state index in [2.05, 4.69) is 6.92 Å². The van der Waals surface area contributed by atoms with Crippen molar-refractivity contribution in [1.82, 2.24) is 0 Å². The van der Waals surface area contributed by atoms with Crippen LogP contribution in [0.25, 0.3) is 0 Å². The van der Waals surface area contributed by atoms with Crippen molar-refractivity contribution in [2.75, 3.05) is 6.61 Å². The van der Waals surface area contributed by atoms with Gasteiger partial charge in [0.15, 0.2) is 0 Å². The molecular formula is C12H22O2. The third kappa shape index (κ3) is 9.30. The molecule has 0 bridgehead atoms. The van der Waals surface area contributed by atoms with E-state index < -0.39 is 6.85 Å². The number of allylic oxidation sites excluding steroid dienone is 1. The summed E-state index contributed by atoms with van der Waals surface area (Å²) in [5, 5.41) is 0. The molecule has 0 unspecified atom stereocenters. The zero-order valence-corrected chi connectivity index (χ0v) is 8.92. The fourth-order valence-corrected chi connectivity index (χ4v) is 1.03. The summed E-state index contributed by atoms with van der Waals surface area (Å²) in [7, 11) is 0. The van der Waals surface area contributed by atoms with Crippen molar-refractivity contribution in [2.45, 2.75) is 52.3 Å². The number of carbonyl (C=O) groups excluding carboxylic acids is 1. The molecule has 0 saturated carbocycles. The standard InChI is InChI=1S/C12H22O2/c1-3-5-7-9-11-14-12(13)10-8-6-4-2/h5,7H,3-4,6,8-11H2,1-2H3/b7-5+/i1D3. The van der Waals surface area contributed by atoms with E-state index in [0.29, 0.717) is 19.4 Å². The minimum atomic E-state index is -1.91. The van der Waals surface area contributed by atoms with E-state index in [0.717, 1.165) is 19.3 Å². The smallest absolute Gasteiger partial charge is 0.305 e. The molecular weight excluding hydrogens is 176 g/mol. The van der Waals surface area contributed by atoms with E-state index in [1.807, 2.05) is 0 Å². The van der Waals surface area contributed by atoms with Crippen molar-refractivity contribution in [3.05, 3.63) is 12.2 Å². The molecule has 0 amide bonds. The lowest BCUT2D eigenvalue weighted by molar-refractivity contribution is -0.143. The van der Waals surface area contributed by atoms with Gasteiger partial charge >= 0.3 is 5.97 Å². The minimum absolute atomic E-state index is 0.0669. The normalized spacial score (nSPS) is 14.8. The summed E-state index contributed by atoms with van der Waals surface area (Å²) in [6.45, 7) is 0.511. The van der Waals surface area contributed by atoms with E-state index in [1.165, 1.54) is 0 Å². The van der Waals surface area contributed by atoms with Gasteiger partial charge in [-0.1, -0.05) is 38.8 Å². The van der Waals surface area contributed by atoms with Crippen molar-refractivity contribution < 1.29 is 13.6 Å². The van der Waals surface area contributed by atoms with Gasteiger partial charge in [-0.25, -0.2) is 0 Å². The fourth-order valence-electron chi connectivity index (χ4n) is 1.03. The number of ether oxygens (including phenoxy) is 1. The van der Waals surface area contributed by atoms with Crippen LogP contribution in [0.3, 0.4) is 0 Å². The molecule has 0 aliphatic heterocycles. The second kappa shape index (κ2) is 10.3. The van der Waals surface area contributed by atoms with Gasteiger partial charge in [0.1, 0.15) is 0 Å². The quantitative estimate of drug-likeness (QED) is 0.341. The molecule has 0 radical (unpaired) electrons. The van der Waals surface area contributed by atoms with Gasteiger partial charge in [-0.2, -0.15) is 0 Å². The molecule has 0 aromatic heterocycles. The Labute approximate surface area is 91.6 Å². The summed E-state index contributed by atoms with van der Waals surface area (Å²) >= 11 is 0. The Balaban J connectivity index is 3.41. The SMILES string of the molecule is [2H]C([2H])([2H])C/C=C/CCOC(=O)CCCCC. The molecule has 0 atom stereocenters. The van der Waals surface area contributed by atoms with E-state index in [-0.39, 0.29) is 12.4 Å². The van der Waals surface area contributed by atoms with Gasteiger partial charge in [0.25, 0.3) is 0 Å². The summed E-state index contributed by atoms with van der Waals surface area (Å²) in [4.78, 5) is 11.2. The highest BCUT2D eigenvalue weighted by Gasteiger charge is 2.00. The average Bonchev–Trinajstić information content (AvgIpc) is 2.22. The van der Waals surface area contributed by atoms with Crippen molar-refractivity contribution in [2.24, 2.45) is 0 Å². The van der Waals surface area contributed by atoms with Crippen LogP contribution in [0.15, 0.2) is 12.2 Å². The first kappa shape index (κ1) is 8.51. The van der Waals surface area contributed by atoms with Gasteiger partial charge in [0.2, 0.25) is 0 Å². The van der Waals surface area contributed by atoms with Gasteiger partial charge in [-0.05, 0) is 19.3 Å². The predicted molar refractivity (Wildman–Crippen MR) is 59.1 cm³/mol. The second-order valence-corrected chi connectivity index (χ2v) is 3.14. The van der Waals surface area contributed by atoms with Crippen LogP contribution in [-0.2, 0) is 9.53 Å². The van der Waals surface area contributed by atoms with E-state index in [4.69, 9.17) is 8.85 Å². The summed E-state index contributed by atoms with van der Waals surface area (Å²) < 4.78 is 25.9. The average molecular weight is 201 g/mol. The van der Waals surface area contributed by atoms with Gasteiger partial charge < -0.3 is 4.74 Å². The number of hydrogen-bond donors (Lipinski definition) is 0. The number of carbonyl (C=O) groups is 1. The van der Waals surface area contributed by atoms with Crippen LogP contribution in [0.1, 0.15) is 56.4 Å². The molecule has 0 heterocycles. The van der Waals surface area contributed by atoms with Crippen LogP contribution in [0, 0.1) is 0 Å². The Morgan fingerprint density at radius 3 is 3.00 bits per heavy atom. The first-order valence-corrected chi connectivity index (χ1v) is 5.26. The molecule has 0 aliphatic carbocycles. The number of unbranched alkanes of at least 4 members (excludes halogenated alkanes) is 2. The Hall–Kier alpha value is -0.790. The predicted octanol–water partition coefficient (Wildman–Crippen LogP) is 3.47. The Morgan fingerprint density at radius 2 is 2.29 bits per heavy atom. The Morgan fingerprint density at radius 1 is 1.43 bits per heavy atom. The lowest BCUT2D eigenvalue weighted by Gasteiger charge is -2.01. The van der Waals surface area contributed by atoms with E-state index in [9.17, 15) is 4.79 Å². The maximum absolute atomic E-state index is 11.2. The minimum Gasteiger partial charge on any atom is -0.465 e. The van der Waals surface area contributed by atoms with Crippen LogP contribution < -0.4 is 0 Å². The summed E-state index contributed by atoms with van der Waals surface area (Å²) in [6, 6.07) is 0. The van der Waals surface area contributed by atoms with Crippen LogP contribution in [0.4, 0.5) is 0 Å². The molecule has 0 aromatic carbocycles. The molecule has 82 valence electrons. The fraction of sp³-hybridized carbons (Fsp3) is 0.750. The number of hydrogen-bond acceptors (Lipinski definition) is 2. The Bertz CT molecular complexity index is 234. The third-order valence-corrected chi connectivity index (χ3v) is 1.82. The third-order valence-electron chi connectivity index (χ3n) is 1.82. The Kier molecular flexibility index (Phi) is 6.26. The molecule has 0 spiro atoms. The van der Waals surface area contributed by atoms with Gasteiger partial charge in [0.05, 0.1) is 6.61 Å². The topological polar surface area (TPSA) is 26.3 Å². The summed E-state index contributed by atoms with van der Waals surface area (Å²) in [6.07, 6.45) is 7.49. The molecule has 0 aromatic rings. The molecule has 0 rings (SSSR count). The van der Waals surface area contributed by atoms with Crippen molar-refractivity contribution in [3.8, 4) is 0 Å². The summed E-state index contributed by atoms with van der Waals surface area (Å²) in [5.74, 6) is -0.164. The highest BCUT2D eigenvalue weighted by Crippen LogP contribution is 2.00. The molecule has 0 N–H and O–H groups in total. The molecule has 0 aliphatic rings. The van der Waals surface area contributed by atoms with Crippen molar-refractivity contribution in [3.63, 3.8) is 0 Å². The van der Waals surface area contributed by atoms with Crippen molar-refractivity contribution in [1.29, 1.82) is 0 Å². The monoisotopic (exact) mass is 201 g/mol. The van der Waals surface area contributed by atoms with Crippen LogP contribution in [0.2, 0.25) is 0 Å². The van der Waals surface area contributed by atoms with E-state index in [1.54, 1.807) is 12.2 Å². The van der Waals surface area contributed by atoms with Gasteiger partial charge in [-0.3, -0.25) is 4.79 Å². The first-order valence-electron chi connectivity index (χ1n) is 6.76. The van der Waals surface area contributed by atoms with Crippen molar-refractivity contribution >= 4 is 5.97 Å². The number of esters is 1. The number of rotatable bonds is 8. The lowest BCUT2D eigenvalue weighted by Crippen LogP contribution is -2.04. The summed E-state index contributed by atoms with van der Waals surface area (Å²) in [5.41, 5.74) is 0. The highest BCUT2D eigenvalue weighted by atomic mass is 16.5. The molecule has 0 saturated heterocycles. The van der Waals surface area contributed by atoms with Gasteiger partial charge in [0, 0.05) is 10.5 Å². The van der Waals surface area contributed by atoms with Gasteiger partial charge in [-0.15, -0.1) is 0 Å². The lowest BCUT2D eigenvalue weighted by atomic mass is 10.2. The van der Waals surface area contributed by atoms with Crippen LogP contribution >= 0.6 is 0 Å². The largest absolute Gasteiger partial charge is 0.465 e. The highest BCUT2D eigenvalue weighted by molar-refractivity contribution is 5.69. The molecule has 14 heavy (non-hydrogen) atoms. The zero-order valence-electron chi connectivity index (χ0n) is 11.9. The maximum atomic E-state index is 11.2. The second-order valence-electron chi connectivity index (χ2n) is 3.14. The van der Waals surface area contributed by atoms with E-state index >= 15 is 0 Å². The maximum Gasteiger partial charge on any atom is 0.305 e. The molecule has 2 heteroatoms. The molecule has 2 nitrogen and oxygen atoms in total. The molecule has 0 fully saturated rings. The van der Waals surface area contributed by atoms with Crippen LogP contribution in [-0.4, -0.2) is 12.6 Å². The first-order chi connectivity index (χ1) is 7.95.